The Labute approximate surface area is 93.6 Å². The van der Waals surface area contributed by atoms with Crippen LogP contribution in [0.25, 0.3) is 0 Å². The van der Waals surface area contributed by atoms with E-state index >= 15 is 0 Å². The first-order valence-electron chi connectivity index (χ1n) is 4.42. The number of nitrogens with two attached hydrogens (primary N) is 1. The molecule has 0 radical (unpaired) electrons. The molecule has 0 spiro atoms. The Hall–Kier alpha value is -1.66. The molecule has 0 atom stereocenters. The second-order valence-corrected chi connectivity index (χ2v) is 3.36. The maximum absolute atomic E-state index is 10.3. The SMILES string of the molecule is NC(=O)CNC#CCc1ccc(Cl)cc1. The van der Waals surface area contributed by atoms with Crippen LogP contribution in [0.15, 0.2) is 24.3 Å². The average molecular weight is 223 g/mol. The van der Waals surface area contributed by atoms with Crippen LogP contribution in [0, 0.1) is 12.0 Å². The lowest BCUT2D eigenvalue weighted by Crippen LogP contribution is -2.25. The number of rotatable bonds is 3. The minimum atomic E-state index is -0.421. The Morgan fingerprint density at radius 1 is 1.40 bits per heavy atom. The molecule has 3 N–H and O–H groups in total. The van der Waals surface area contributed by atoms with Crippen LogP contribution in [0.3, 0.4) is 0 Å². The van der Waals surface area contributed by atoms with Gasteiger partial charge in [0.25, 0.3) is 0 Å². The molecule has 1 aromatic rings. The summed E-state index contributed by atoms with van der Waals surface area (Å²) in [5.74, 6) is 2.44. The molecule has 0 aliphatic rings. The number of amides is 1. The number of hydrogen-bond donors (Lipinski definition) is 2. The van der Waals surface area contributed by atoms with E-state index in [2.05, 4.69) is 17.3 Å². The fraction of sp³-hybridized carbons (Fsp3) is 0.182. The largest absolute Gasteiger partial charge is 0.368 e. The van der Waals surface area contributed by atoms with Gasteiger partial charge in [-0.1, -0.05) is 29.7 Å². The van der Waals surface area contributed by atoms with Crippen LogP contribution in [-0.2, 0) is 11.2 Å². The molecule has 15 heavy (non-hydrogen) atoms. The van der Waals surface area contributed by atoms with Crippen molar-refractivity contribution in [2.24, 2.45) is 5.73 Å². The molecule has 1 rings (SSSR count). The fourth-order valence-corrected chi connectivity index (χ4v) is 1.07. The van der Waals surface area contributed by atoms with Gasteiger partial charge in [0.15, 0.2) is 0 Å². The minimum absolute atomic E-state index is 0.0770. The van der Waals surface area contributed by atoms with Crippen molar-refractivity contribution in [3.63, 3.8) is 0 Å². The van der Waals surface area contributed by atoms with E-state index in [1.165, 1.54) is 0 Å². The third-order valence-electron chi connectivity index (χ3n) is 1.65. The summed E-state index contributed by atoms with van der Waals surface area (Å²) in [6, 6.07) is 10.1. The summed E-state index contributed by atoms with van der Waals surface area (Å²) in [5.41, 5.74) is 6.00. The Balaban J connectivity index is 2.36. The molecule has 0 saturated carbocycles. The summed E-state index contributed by atoms with van der Waals surface area (Å²) >= 11 is 5.73. The molecule has 1 amide bonds. The zero-order valence-electron chi connectivity index (χ0n) is 8.09. The van der Waals surface area contributed by atoms with Gasteiger partial charge in [-0.15, -0.1) is 0 Å². The molecule has 0 aromatic heterocycles. The first-order valence-corrected chi connectivity index (χ1v) is 4.80. The molecule has 4 heteroatoms. The van der Waals surface area contributed by atoms with Crippen molar-refractivity contribution in [2.75, 3.05) is 6.54 Å². The normalized spacial score (nSPS) is 8.87. The number of nitrogens with one attached hydrogen (secondary N) is 1. The molecule has 0 unspecified atom stereocenters. The number of carbonyl (C=O) groups is 1. The number of benzene rings is 1. The quantitative estimate of drug-likeness (QED) is 0.590. The van der Waals surface area contributed by atoms with Crippen LogP contribution >= 0.6 is 11.6 Å². The number of hydrogen-bond acceptors (Lipinski definition) is 2. The van der Waals surface area contributed by atoms with Gasteiger partial charge < -0.3 is 11.1 Å². The summed E-state index contributed by atoms with van der Waals surface area (Å²) < 4.78 is 0. The molecule has 0 fully saturated rings. The van der Waals surface area contributed by atoms with E-state index in [1.54, 1.807) is 0 Å². The molecule has 1 aromatic carbocycles. The van der Waals surface area contributed by atoms with Crippen molar-refractivity contribution < 1.29 is 4.79 Å². The Morgan fingerprint density at radius 3 is 2.67 bits per heavy atom. The number of carbonyl (C=O) groups excluding carboxylic acids is 1. The third kappa shape index (κ3) is 4.94. The maximum atomic E-state index is 10.3. The van der Waals surface area contributed by atoms with Gasteiger partial charge in [-0.3, -0.25) is 4.79 Å². The summed E-state index contributed by atoms with van der Waals surface area (Å²) in [7, 11) is 0. The van der Waals surface area contributed by atoms with Gasteiger partial charge in [-0.2, -0.15) is 0 Å². The zero-order chi connectivity index (χ0) is 11.1. The van der Waals surface area contributed by atoms with Gasteiger partial charge in [-0.25, -0.2) is 0 Å². The molecule has 0 heterocycles. The van der Waals surface area contributed by atoms with E-state index < -0.39 is 5.91 Å². The molecule has 3 nitrogen and oxygen atoms in total. The van der Waals surface area contributed by atoms with Crippen molar-refractivity contribution >= 4 is 17.5 Å². The average Bonchev–Trinajstić information content (AvgIpc) is 2.20. The molecule has 0 saturated heterocycles. The van der Waals surface area contributed by atoms with Crippen molar-refractivity contribution in [3.05, 3.63) is 34.9 Å². The van der Waals surface area contributed by atoms with Crippen LogP contribution in [0.5, 0.6) is 0 Å². The third-order valence-corrected chi connectivity index (χ3v) is 1.90. The summed E-state index contributed by atoms with van der Waals surface area (Å²) in [6.45, 7) is 0.0770. The highest BCUT2D eigenvalue weighted by molar-refractivity contribution is 6.30. The van der Waals surface area contributed by atoms with E-state index in [-0.39, 0.29) is 6.54 Å². The molecule has 0 bridgehead atoms. The molecule has 0 aliphatic carbocycles. The van der Waals surface area contributed by atoms with Gasteiger partial charge >= 0.3 is 0 Å². The first-order chi connectivity index (χ1) is 7.18. The zero-order valence-corrected chi connectivity index (χ0v) is 8.84. The van der Waals surface area contributed by atoms with Gasteiger partial charge in [0.05, 0.1) is 0 Å². The molecular formula is C11H11ClN2O. The standard InChI is InChI=1S/C11H11ClN2O/c12-10-5-3-9(4-6-10)2-1-7-14-8-11(13)15/h3-6,14H,2,8H2,(H2,13,15). The van der Waals surface area contributed by atoms with Crippen molar-refractivity contribution in [1.29, 1.82) is 0 Å². The predicted octanol–water partition coefficient (Wildman–Crippen LogP) is 0.918. The smallest absolute Gasteiger partial charge is 0.237 e. The highest BCUT2D eigenvalue weighted by Gasteiger charge is 1.90. The second-order valence-electron chi connectivity index (χ2n) is 2.92. The van der Waals surface area contributed by atoms with E-state index in [4.69, 9.17) is 17.3 Å². The van der Waals surface area contributed by atoms with Crippen LogP contribution in [-0.4, -0.2) is 12.5 Å². The molecule has 78 valence electrons. The lowest BCUT2D eigenvalue weighted by atomic mass is 10.2. The van der Waals surface area contributed by atoms with E-state index in [1.807, 2.05) is 24.3 Å². The second kappa shape index (κ2) is 5.94. The Kier molecular flexibility index (Phi) is 4.52. The summed E-state index contributed by atoms with van der Waals surface area (Å²) in [5, 5.41) is 3.31. The maximum Gasteiger partial charge on any atom is 0.237 e. The van der Waals surface area contributed by atoms with Crippen LogP contribution in [0.1, 0.15) is 5.56 Å². The van der Waals surface area contributed by atoms with Crippen molar-refractivity contribution in [2.45, 2.75) is 6.42 Å². The van der Waals surface area contributed by atoms with Crippen LogP contribution in [0.2, 0.25) is 5.02 Å². The predicted molar refractivity (Wildman–Crippen MR) is 60.1 cm³/mol. The van der Waals surface area contributed by atoms with Gasteiger partial charge in [0, 0.05) is 17.5 Å². The van der Waals surface area contributed by atoms with Crippen molar-refractivity contribution in [1.82, 2.24) is 5.32 Å². The van der Waals surface area contributed by atoms with Crippen LogP contribution < -0.4 is 11.1 Å². The number of halogens is 1. The summed E-state index contributed by atoms with van der Waals surface area (Å²) in [6.07, 6.45) is 0.614. The highest BCUT2D eigenvalue weighted by Crippen LogP contribution is 2.09. The van der Waals surface area contributed by atoms with Gasteiger partial charge in [-0.05, 0) is 17.7 Å². The topological polar surface area (TPSA) is 55.1 Å². The van der Waals surface area contributed by atoms with Gasteiger partial charge in [0.2, 0.25) is 5.91 Å². The van der Waals surface area contributed by atoms with Crippen LogP contribution in [0.4, 0.5) is 0 Å². The fourth-order valence-electron chi connectivity index (χ4n) is 0.942. The number of primary amides is 1. The lowest BCUT2D eigenvalue weighted by molar-refractivity contribution is -0.117. The highest BCUT2D eigenvalue weighted by atomic mass is 35.5. The van der Waals surface area contributed by atoms with E-state index in [9.17, 15) is 4.79 Å². The Bertz CT molecular complexity index is 389. The monoisotopic (exact) mass is 222 g/mol. The minimum Gasteiger partial charge on any atom is -0.368 e. The molecular weight excluding hydrogens is 212 g/mol. The molecule has 0 aliphatic heterocycles. The summed E-state index contributed by atoms with van der Waals surface area (Å²) in [4.78, 5) is 10.3. The lowest BCUT2D eigenvalue weighted by Gasteiger charge is -1.94. The first kappa shape index (κ1) is 11.4. The van der Waals surface area contributed by atoms with E-state index in [0.717, 1.165) is 5.56 Å². The van der Waals surface area contributed by atoms with Gasteiger partial charge in [0.1, 0.15) is 6.54 Å². The van der Waals surface area contributed by atoms with Crippen molar-refractivity contribution in [3.8, 4) is 12.0 Å². The van der Waals surface area contributed by atoms with E-state index in [0.29, 0.717) is 11.4 Å². The Morgan fingerprint density at radius 2 is 2.07 bits per heavy atom.